The van der Waals surface area contributed by atoms with Crippen molar-refractivity contribution in [1.29, 1.82) is 0 Å². The molecule has 1 unspecified atom stereocenters. The quantitative estimate of drug-likeness (QED) is 0.0261. The van der Waals surface area contributed by atoms with E-state index in [1.54, 1.807) is 0 Å². The number of hydrogen-bond acceptors (Lipinski definition) is 6. The molecule has 0 amide bonds. The number of carbonyl (C=O) groups excluding carboxylic acids is 3. The van der Waals surface area contributed by atoms with Crippen LogP contribution in [0.15, 0.2) is 85.1 Å². The minimum Gasteiger partial charge on any atom is -0.462 e. The van der Waals surface area contributed by atoms with E-state index in [0.29, 0.717) is 19.3 Å². The van der Waals surface area contributed by atoms with E-state index in [2.05, 4.69) is 106 Å². The summed E-state index contributed by atoms with van der Waals surface area (Å²) in [5.41, 5.74) is 0. The van der Waals surface area contributed by atoms with E-state index in [9.17, 15) is 14.4 Å². The second-order valence-corrected chi connectivity index (χ2v) is 19.5. The Bertz CT molecular complexity index is 1350. The molecule has 0 aliphatic rings. The van der Waals surface area contributed by atoms with Crippen LogP contribution in [0, 0.1) is 0 Å². The number of ether oxygens (including phenoxy) is 3. The Morgan fingerprint density at radius 1 is 0.300 bits per heavy atom. The van der Waals surface area contributed by atoms with Crippen molar-refractivity contribution in [1.82, 2.24) is 0 Å². The summed E-state index contributed by atoms with van der Waals surface area (Å²) in [6, 6.07) is 0. The smallest absolute Gasteiger partial charge is 0.306 e. The molecule has 0 N–H and O–H groups in total. The second kappa shape index (κ2) is 58.2. The Labute approximate surface area is 433 Å². The number of unbranched alkanes of at least 4 members (excludes halogenated alkanes) is 28. The first kappa shape index (κ1) is 66.6. The van der Waals surface area contributed by atoms with Crippen molar-refractivity contribution in [2.45, 2.75) is 290 Å². The van der Waals surface area contributed by atoms with Crippen LogP contribution in [0.2, 0.25) is 0 Å². The molecular weight excluding hydrogens is 865 g/mol. The molecule has 0 saturated carbocycles. The first-order valence-corrected chi connectivity index (χ1v) is 29.6. The Morgan fingerprint density at radius 3 is 0.900 bits per heavy atom. The third kappa shape index (κ3) is 55.5. The molecule has 0 aromatic heterocycles. The topological polar surface area (TPSA) is 78.9 Å². The largest absolute Gasteiger partial charge is 0.462 e. The van der Waals surface area contributed by atoms with Crippen molar-refractivity contribution in [3.05, 3.63) is 85.1 Å². The normalized spacial score (nSPS) is 12.7. The standard InChI is InChI=1S/C64H110O6/c1-4-7-10-13-16-19-22-25-26-27-28-29-30-31-32-33-34-35-36-37-38-40-42-45-48-51-54-57-63(66)69-60-61(59-68-62(65)56-53-50-47-44-41-24-21-18-15-12-9-6-3)70-64(67)58-55-52-49-46-43-39-23-20-17-14-11-8-5-2/h7,10,16,19-20,23,25-26,28-29,31-32,34-35,61H,4-6,8-9,11-15,17-18,21-22,24,27,30,33,36-60H2,1-3H3/b10-7-,19-16-,23-20-,26-25-,29-28-,32-31-,35-34-. The summed E-state index contributed by atoms with van der Waals surface area (Å²) in [6.07, 6.45) is 75.8. The molecule has 0 aromatic rings. The number of carbonyl (C=O) groups is 3. The number of esters is 3. The predicted molar refractivity (Wildman–Crippen MR) is 302 cm³/mol. The maximum atomic E-state index is 12.8. The zero-order valence-corrected chi connectivity index (χ0v) is 46.0. The summed E-state index contributed by atoms with van der Waals surface area (Å²) in [4.78, 5) is 38.1. The molecule has 70 heavy (non-hydrogen) atoms. The van der Waals surface area contributed by atoms with Gasteiger partial charge < -0.3 is 14.2 Å². The van der Waals surface area contributed by atoms with Crippen molar-refractivity contribution in [2.75, 3.05) is 13.2 Å². The fourth-order valence-corrected chi connectivity index (χ4v) is 8.21. The molecule has 0 fully saturated rings. The number of rotatable bonds is 53. The fourth-order valence-electron chi connectivity index (χ4n) is 8.21. The van der Waals surface area contributed by atoms with Crippen LogP contribution in [0.3, 0.4) is 0 Å². The molecule has 0 radical (unpaired) electrons. The highest BCUT2D eigenvalue weighted by Gasteiger charge is 2.19. The van der Waals surface area contributed by atoms with Crippen LogP contribution in [0.25, 0.3) is 0 Å². The highest BCUT2D eigenvalue weighted by atomic mass is 16.6. The van der Waals surface area contributed by atoms with E-state index < -0.39 is 6.10 Å². The lowest BCUT2D eigenvalue weighted by Crippen LogP contribution is -2.30. The molecule has 6 heteroatoms. The molecule has 0 spiro atoms. The third-order valence-electron chi connectivity index (χ3n) is 12.6. The number of allylic oxidation sites excluding steroid dienone is 14. The predicted octanol–water partition coefficient (Wildman–Crippen LogP) is 19.9. The summed E-state index contributed by atoms with van der Waals surface area (Å²) < 4.78 is 16.8. The van der Waals surface area contributed by atoms with Crippen LogP contribution < -0.4 is 0 Å². The second-order valence-electron chi connectivity index (χ2n) is 19.5. The average Bonchev–Trinajstić information content (AvgIpc) is 3.36. The summed E-state index contributed by atoms with van der Waals surface area (Å²) in [5.74, 6) is -0.891. The van der Waals surface area contributed by atoms with Crippen molar-refractivity contribution < 1.29 is 28.6 Å². The molecule has 0 rings (SSSR count). The Balaban J connectivity index is 4.28. The highest BCUT2D eigenvalue weighted by molar-refractivity contribution is 5.71. The summed E-state index contributed by atoms with van der Waals surface area (Å²) in [7, 11) is 0. The minimum atomic E-state index is -0.782. The molecule has 0 bridgehead atoms. The lowest BCUT2D eigenvalue weighted by molar-refractivity contribution is -0.167. The van der Waals surface area contributed by atoms with Crippen LogP contribution >= 0.6 is 0 Å². The zero-order valence-electron chi connectivity index (χ0n) is 46.0. The molecule has 1 atom stereocenters. The van der Waals surface area contributed by atoms with Crippen LogP contribution in [-0.4, -0.2) is 37.2 Å². The molecule has 402 valence electrons. The van der Waals surface area contributed by atoms with Gasteiger partial charge in [-0.1, -0.05) is 254 Å². The zero-order chi connectivity index (χ0) is 50.7. The first-order valence-electron chi connectivity index (χ1n) is 29.6. The van der Waals surface area contributed by atoms with Crippen LogP contribution in [0.4, 0.5) is 0 Å². The van der Waals surface area contributed by atoms with Gasteiger partial charge in [0, 0.05) is 19.3 Å². The van der Waals surface area contributed by atoms with Crippen molar-refractivity contribution in [2.24, 2.45) is 0 Å². The van der Waals surface area contributed by atoms with Crippen LogP contribution in [0.1, 0.15) is 284 Å². The highest BCUT2D eigenvalue weighted by Crippen LogP contribution is 2.15. The van der Waals surface area contributed by atoms with Gasteiger partial charge in [-0.25, -0.2) is 0 Å². The summed E-state index contributed by atoms with van der Waals surface area (Å²) in [5, 5.41) is 0. The SMILES string of the molecule is CC/C=C\C/C=C\C/C=C\C/C=C\C/C=C\C/C=C\CCCCCCCCCCC(=O)OCC(COC(=O)CCCCCCCCCCCCCC)OC(=O)CCCCCCC/C=C\CCCCCC. The van der Waals surface area contributed by atoms with Crippen LogP contribution in [0.5, 0.6) is 0 Å². The van der Waals surface area contributed by atoms with Gasteiger partial charge in [0.2, 0.25) is 0 Å². The van der Waals surface area contributed by atoms with Gasteiger partial charge in [-0.2, -0.15) is 0 Å². The van der Waals surface area contributed by atoms with E-state index in [1.807, 2.05) is 0 Å². The molecule has 6 nitrogen and oxygen atoms in total. The van der Waals surface area contributed by atoms with E-state index in [-0.39, 0.29) is 31.1 Å². The fraction of sp³-hybridized carbons (Fsp3) is 0.734. The van der Waals surface area contributed by atoms with Gasteiger partial charge in [-0.3, -0.25) is 14.4 Å². The van der Waals surface area contributed by atoms with Crippen LogP contribution in [-0.2, 0) is 28.6 Å². The maximum Gasteiger partial charge on any atom is 0.306 e. The van der Waals surface area contributed by atoms with Gasteiger partial charge in [0.15, 0.2) is 6.10 Å². The van der Waals surface area contributed by atoms with Crippen molar-refractivity contribution >= 4 is 17.9 Å². The Kier molecular flexibility index (Phi) is 55.3. The first-order chi connectivity index (χ1) is 34.5. The molecule has 0 aliphatic heterocycles. The maximum absolute atomic E-state index is 12.8. The molecule has 0 heterocycles. The number of hydrogen-bond donors (Lipinski definition) is 0. The van der Waals surface area contributed by atoms with Gasteiger partial charge in [-0.15, -0.1) is 0 Å². The van der Waals surface area contributed by atoms with E-state index >= 15 is 0 Å². The van der Waals surface area contributed by atoms with Gasteiger partial charge in [0.25, 0.3) is 0 Å². The van der Waals surface area contributed by atoms with E-state index in [1.165, 1.54) is 128 Å². The van der Waals surface area contributed by atoms with Gasteiger partial charge in [-0.05, 0) is 96.3 Å². The van der Waals surface area contributed by atoms with Gasteiger partial charge >= 0.3 is 17.9 Å². The van der Waals surface area contributed by atoms with Crippen molar-refractivity contribution in [3.63, 3.8) is 0 Å². The van der Waals surface area contributed by atoms with Crippen molar-refractivity contribution in [3.8, 4) is 0 Å². The van der Waals surface area contributed by atoms with E-state index in [0.717, 1.165) is 116 Å². The summed E-state index contributed by atoms with van der Waals surface area (Å²) in [6.45, 7) is 6.51. The van der Waals surface area contributed by atoms with Gasteiger partial charge in [0.05, 0.1) is 0 Å². The summed E-state index contributed by atoms with van der Waals surface area (Å²) >= 11 is 0. The van der Waals surface area contributed by atoms with Gasteiger partial charge in [0.1, 0.15) is 13.2 Å². The molecule has 0 aliphatic carbocycles. The lowest BCUT2D eigenvalue weighted by atomic mass is 10.0. The minimum absolute atomic E-state index is 0.0797. The Hall–Kier alpha value is -3.41. The Morgan fingerprint density at radius 2 is 0.557 bits per heavy atom. The third-order valence-corrected chi connectivity index (χ3v) is 12.6. The average molecular weight is 976 g/mol. The molecule has 0 saturated heterocycles. The molecule has 0 aromatic carbocycles. The monoisotopic (exact) mass is 975 g/mol. The molecular formula is C64H110O6. The lowest BCUT2D eigenvalue weighted by Gasteiger charge is -2.18. The van der Waals surface area contributed by atoms with E-state index in [4.69, 9.17) is 14.2 Å².